The first kappa shape index (κ1) is 27.4. The van der Waals surface area contributed by atoms with E-state index in [-0.39, 0.29) is 40.1 Å². The van der Waals surface area contributed by atoms with Gasteiger partial charge in [0.1, 0.15) is 5.65 Å². The molecule has 206 valence electrons. The van der Waals surface area contributed by atoms with E-state index in [9.17, 15) is 18.0 Å². The molecular weight excluding hydrogens is 540 g/mol. The van der Waals surface area contributed by atoms with Gasteiger partial charge < -0.3 is 15.0 Å². The van der Waals surface area contributed by atoms with E-state index in [0.29, 0.717) is 16.8 Å². The Balaban J connectivity index is 1.44. The molecule has 0 unspecified atom stereocenters. The first-order chi connectivity index (χ1) is 19.7. The molecule has 41 heavy (non-hydrogen) atoms. The molecule has 0 saturated heterocycles. The zero-order chi connectivity index (χ0) is 29.0. The highest BCUT2D eigenvalue weighted by atomic mass is 32.2. The van der Waals surface area contributed by atoms with Crippen LogP contribution in [0.4, 0.5) is 0 Å². The number of nitrogens with zero attached hydrogens (tertiary/aromatic N) is 4. The number of rotatable bonds is 7. The van der Waals surface area contributed by atoms with Crippen molar-refractivity contribution in [2.75, 3.05) is 7.05 Å². The highest BCUT2D eigenvalue weighted by Gasteiger charge is 2.22. The minimum Gasteiger partial charge on any atom is -0.355 e. The summed E-state index contributed by atoms with van der Waals surface area (Å²) in [7, 11) is -0.584. The number of aryl methyl sites for hydroxylation is 1. The van der Waals surface area contributed by atoms with Crippen molar-refractivity contribution in [3.8, 4) is 11.8 Å². The standard InChI is InChI=1S/C30H26N6O4S/c1-31-29(37)23-6-3-21(4-7-23)5-8-24-18-25(9-10-27(24)41(39,40)20-26-12-14-35(2)34-26)30(38)33-19-22-11-15-36-16-13-32-28(36)17-22/h3-4,6-7,9-18H,19-20H2,1-2H3,(H,31,37)(H,33,38). The summed E-state index contributed by atoms with van der Waals surface area (Å²) in [5.41, 5.74) is 3.53. The molecule has 0 aliphatic carbocycles. The topological polar surface area (TPSA) is 127 Å². The van der Waals surface area contributed by atoms with Gasteiger partial charge in [-0.1, -0.05) is 11.8 Å². The third-order valence-corrected chi connectivity index (χ3v) is 8.02. The van der Waals surface area contributed by atoms with Crippen LogP contribution in [0.3, 0.4) is 0 Å². The lowest BCUT2D eigenvalue weighted by Gasteiger charge is -2.10. The largest absolute Gasteiger partial charge is 0.355 e. The summed E-state index contributed by atoms with van der Waals surface area (Å²) in [5, 5.41) is 9.62. The quantitative estimate of drug-likeness (QED) is 0.292. The lowest BCUT2D eigenvalue weighted by atomic mass is 10.1. The summed E-state index contributed by atoms with van der Waals surface area (Å²) in [6.07, 6.45) is 7.06. The van der Waals surface area contributed by atoms with Gasteiger partial charge in [0.2, 0.25) is 0 Å². The summed E-state index contributed by atoms with van der Waals surface area (Å²) in [4.78, 5) is 29.2. The molecule has 0 spiro atoms. The SMILES string of the molecule is CNC(=O)c1ccc(C#Cc2cc(C(=O)NCc3ccn4ccnc4c3)ccc2S(=O)(=O)Cc2ccn(C)n2)cc1. The molecule has 11 heteroatoms. The van der Waals surface area contributed by atoms with E-state index in [2.05, 4.69) is 32.6 Å². The molecule has 0 radical (unpaired) electrons. The van der Waals surface area contributed by atoms with E-state index >= 15 is 0 Å². The molecule has 0 atom stereocenters. The molecule has 0 bridgehead atoms. The van der Waals surface area contributed by atoms with Gasteiger partial charge in [-0.2, -0.15) is 5.10 Å². The maximum atomic E-state index is 13.4. The second-order valence-corrected chi connectivity index (χ2v) is 11.2. The molecule has 5 rings (SSSR count). The molecule has 10 nitrogen and oxygen atoms in total. The average molecular weight is 567 g/mol. The molecule has 2 amide bonds. The van der Waals surface area contributed by atoms with Gasteiger partial charge in [-0.15, -0.1) is 0 Å². The molecule has 0 aliphatic rings. The maximum absolute atomic E-state index is 13.4. The summed E-state index contributed by atoms with van der Waals surface area (Å²) in [6.45, 7) is 0.265. The van der Waals surface area contributed by atoms with Gasteiger partial charge >= 0.3 is 0 Å². The number of imidazole rings is 1. The minimum absolute atomic E-state index is 0.000979. The van der Waals surface area contributed by atoms with Crippen LogP contribution in [0.5, 0.6) is 0 Å². The molecule has 2 N–H and O–H groups in total. The predicted molar refractivity (Wildman–Crippen MR) is 153 cm³/mol. The van der Waals surface area contributed by atoms with Gasteiger partial charge in [-0.05, 0) is 66.2 Å². The maximum Gasteiger partial charge on any atom is 0.251 e. The highest BCUT2D eigenvalue weighted by Crippen LogP contribution is 2.22. The number of fused-ring (bicyclic) bond motifs is 1. The zero-order valence-corrected chi connectivity index (χ0v) is 23.1. The first-order valence-corrected chi connectivity index (χ1v) is 14.3. The summed E-state index contributed by atoms with van der Waals surface area (Å²) in [5.74, 6) is 4.97. The van der Waals surface area contributed by atoms with Crippen LogP contribution in [0.15, 0.2) is 90.3 Å². The fraction of sp³-hybridized carbons (Fsp3) is 0.133. The van der Waals surface area contributed by atoms with Gasteiger partial charge in [0.15, 0.2) is 9.84 Å². The third-order valence-electron chi connectivity index (χ3n) is 6.31. The number of pyridine rings is 1. The summed E-state index contributed by atoms with van der Waals surface area (Å²) >= 11 is 0. The minimum atomic E-state index is -3.84. The van der Waals surface area contributed by atoms with Gasteiger partial charge in [-0.25, -0.2) is 13.4 Å². The van der Waals surface area contributed by atoms with Crippen LogP contribution in [0.25, 0.3) is 5.65 Å². The van der Waals surface area contributed by atoms with Crippen molar-refractivity contribution in [3.05, 3.63) is 119 Å². The summed E-state index contributed by atoms with van der Waals surface area (Å²) in [6, 6.07) is 16.4. The van der Waals surface area contributed by atoms with E-state index in [4.69, 9.17) is 0 Å². The number of hydrogen-bond donors (Lipinski definition) is 2. The molecule has 0 fully saturated rings. The van der Waals surface area contributed by atoms with Crippen LogP contribution in [0.1, 0.15) is 43.1 Å². The Morgan fingerprint density at radius 3 is 2.41 bits per heavy atom. The number of sulfone groups is 1. The van der Waals surface area contributed by atoms with Crippen LogP contribution in [-0.2, 0) is 29.2 Å². The summed E-state index contributed by atoms with van der Waals surface area (Å²) < 4.78 is 30.2. The Kier molecular flexibility index (Phi) is 7.67. The van der Waals surface area contributed by atoms with Gasteiger partial charge in [-0.3, -0.25) is 14.3 Å². The van der Waals surface area contributed by atoms with E-state index in [0.717, 1.165) is 11.2 Å². The van der Waals surface area contributed by atoms with Gasteiger partial charge in [0.25, 0.3) is 11.8 Å². The van der Waals surface area contributed by atoms with Crippen molar-refractivity contribution < 1.29 is 18.0 Å². The van der Waals surface area contributed by atoms with Crippen molar-refractivity contribution in [2.45, 2.75) is 17.2 Å². The number of carbonyl (C=O) groups excluding carboxylic acids is 2. The van der Waals surface area contributed by atoms with Crippen molar-refractivity contribution in [1.82, 2.24) is 29.8 Å². The Morgan fingerprint density at radius 1 is 0.902 bits per heavy atom. The Morgan fingerprint density at radius 2 is 1.68 bits per heavy atom. The predicted octanol–water partition coefficient (Wildman–Crippen LogP) is 2.73. The number of carbonyl (C=O) groups is 2. The second-order valence-electron chi connectivity index (χ2n) is 9.27. The van der Waals surface area contributed by atoms with E-state index in [1.807, 2.05) is 28.9 Å². The lowest BCUT2D eigenvalue weighted by molar-refractivity contribution is 0.0947. The normalized spacial score (nSPS) is 11.1. The molecule has 0 aliphatic heterocycles. The zero-order valence-electron chi connectivity index (χ0n) is 22.3. The van der Waals surface area contributed by atoms with Crippen molar-refractivity contribution in [2.24, 2.45) is 7.05 Å². The van der Waals surface area contributed by atoms with Gasteiger partial charge in [0.05, 0.1) is 16.3 Å². The molecule has 3 aromatic heterocycles. The third kappa shape index (κ3) is 6.34. The molecular formula is C30H26N6O4S. The molecule has 2 aromatic carbocycles. The van der Waals surface area contributed by atoms with Crippen molar-refractivity contribution in [3.63, 3.8) is 0 Å². The second kappa shape index (κ2) is 11.5. The Hall–Kier alpha value is -5.21. The highest BCUT2D eigenvalue weighted by molar-refractivity contribution is 7.90. The number of benzene rings is 2. The van der Waals surface area contributed by atoms with Crippen LogP contribution in [0.2, 0.25) is 0 Å². The smallest absolute Gasteiger partial charge is 0.251 e. The van der Waals surface area contributed by atoms with E-state index in [1.165, 1.54) is 22.9 Å². The number of hydrogen-bond acceptors (Lipinski definition) is 6. The monoisotopic (exact) mass is 566 g/mol. The number of aromatic nitrogens is 4. The van der Waals surface area contributed by atoms with Crippen LogP contribution in [0, 0.1) is 11.8 Å². The van der Waals surface area contributed by atoms with Crippen molar-refractivity contribution in [1.29, 1.82) is 0 Å². The van der Waals surface area contributed by atoms with Crippen LogP contribution < -0.4 is 10.6 Å². The van der Waals surface area contributed by atoms with E-state index in [1.54, 1.807) is 56.8 Å². The number of nitrogens with one attached hydrogen (secondary N) is 2. The molecule has 5 aromatic rings. The molecule has 3 heterocycles. The Labute approximate surface area is 237 Å². The van der Waals surface area contributed by atoms with Gasteiger partial charge in [0, 0.05) is 67.7 Å². The Bertz CT molecular complexity index is 1930. The average Bonchev–Trinajstić information content (AvgIpc) is 3.62. The number of amides is 2. The van der Waals surface area contributed by atoms with Crippen LogP contribution in [-0.4, -0.2) is 46.4 Å². The first-order valence-electron chi connectivity index (χ1n) is 12.6. The van der Waals surface area contributed by atoms with E-state index < -0.39 is 9.84 Å². The lowest BCUT2D eigenvalue weighted by Crippen LogP contribution is -2.23. The fourth-order valence-corrected chi connectivity index (χ4v) is 5.61. The van der Waals surface area contributed by atoms with Crippen molar-refractivity contribution >= 4 is 27.3 Å². The fourth-order valence-electron chi connectivity index (χ4n) is 4.19. The molecule has 0 saturated carbocycles. The van der Waals surface area contributed by atoms with Crippen LogP contribution >= 0.6 is 0 Å².